The molecule has 248 valence electrons. The predicted molar refractivity (Wildman–Crippen MR) is 225 cm³/mol. The average molecular weight is 675 g/mol. The molecule has 1 N–H and O–H groups in total. The molecule has 0 radical (unpaired) electrons. The molecule has 0 unspecified atom stereocenters. The van der Waals surface area contributed by atoms with Crippen LogP contribution >= 0.6 is 0 Å². The Morgan fingerprint density at radius 2 is 0.642 bits per heavy atom. The van der Waals surface area contributed by atoms with Gasteiger partial charge in [0, 0.05) is 11.1 Å². The largest absolute Gasteiger partial charge is 0.507 e. The summed E-state index contributed by atoms with van der Waals surface area (Å²) >= 11 is 0. The normalized spacial score (nSPS) is 11.5. The van der Waals surface area contributed by atoms with Gasteiger partial charge in [0.15, 0.2) is 0 Å². The third-order valence-corrected chi connectivity index (χ3v) is 10.7. The van der Waals surface area contributed by atoms with E-state index in [1.807, 2.05) is 0 Å². The molecule has 1 nitrogen and oxygen atoms in total. The van der Waals surface area contributed by atoms with Gasteiger partial charge in [-0.05, 0) is 118 Å². The molecule has 0 saturated heterocycles. The number of phenols is 1. The Morgan fingerprint density at radius 3 is 1.21 bits per heavy atom. The summed E-state index contributed by atoms with van der Waals surface area (Å²) in [7, 11) is 0. The number of benzene rings is 10. The van der Waals surface area contributed by atoms with Crippen molar-refractivity contribution in [3.05, 3.63) is 200 Å². The molecule has 0 aliphatic rings. The molecule has 10 rings (SSSR count). The summed E-state index contributed by atoms with van der Waals surface area (Å²) in [6, 6.07) is 71.1. The van der Waals surface area contributed by atoms with Crippen LogP contribution in [0.5, 0.6) is 5.75 Å². The molecule has 0 fully saturated rings. The van der Waals surface area contributed by atoms with Gasteiger partial charge in [0.2, 0.25) is 0 Å². The highest BCUT2D eigenvalue weighted by molar-refractivity contribution is 6.11. The van der Waals surface area contributed by atoms with Gasteiger partial charge in [-0.1, -0.05) is 170 Å². The quantitative estimate of drug-likeness (QED) is 0.193. The van der Waals surface area contributed by atoms with Crippen molar-refractivity contribution < 1.29 is 5.11 Å². The van der Waals surface area contributed by atoms with E-state index in [4.69, 9.17) is 0 Å². The monoisotopic (exact) mass is 674 g/mol. The molecule has 10 aromatic carbocycles. The predicted octanol–water partition coefficient (Wildman–Crippen LogP) is 14.3. The van der Waals surface area contributed by atoms with E-state index in [-0.39, 0.29) is 5.75 Å². The van der Waals surface area contributed by atoms with Crippen LogP contribution in [0.3, 0.4) is 0 Å². The van der Waals surface area contributed by atoms with Crippen LogP contribution in [0.25, 0.3) is 98.7 Å². The molecule has 0 spiro atoms. The minimum Gasteiger partial charge on any atom is -0.507 e. The van der Waals surface area contributed by atoms with Crippen molar-refractivity contribution in [3.8, 4) is 61.4 Å². The van der Waals surface area contributed by atoms with Crippen LogP contribution < -0.4 is 0 Å². The number of phenolic OH excluding ortho intramolecular Hbond substituents is 1. The van der Waals surface area contributed by atoms with E-state index in [9.17, 15) is 5.11 Å². The highest BCUT2D eigenvalue weighted by atomic mass is 16.3. The highest BCUT2D eigenvalue weighted by Crippen LogP contribution is 2.47. The van der Waals surface area contributed by atoms with E-state index in [1.165, 1.54) is 38.2 Å². The smallest absolute Gasteiger partial charge is 0.131 e. The molecule has 0 atom stereocenters. The van der Waals surface area contributed by atoms with Crippen LogP contribution in [0.15, 0.2) is 200 Å². The Labute approximate surface area is 308 Å². The second-order valence-corrected chi connectivity index (χ2v) is 13.9. The van der Waals surface area contributed by atoms with Crippen molar-refractivity contribution in [3.63, 3.8) is 0 Å². The van der Waals surface area contributed by atoms with E-state index < -0.39 is 0 Å². The molecular formula is C52H34O. The first-order valence-corrected chi connectivity index (χ1v) is 18.1. The molecule has 0 bridgehead atoms. The second kappa shape index (κ2) is 12.7. The lowest BCUT2D eigenvalue weighted by Gasteiger charge is -2.18. The van der Waals surface area contributed by atoms with Crippen molar-refractivity contribution in [1.82, 2.24) is 0 Å². The zero-order chi connectivity index (χ0) is 35.3. The van der Waals surface area contributed by atoms with E-state index >= 15 is 0 Å². The molecule has 10 aromatic rings. The SMILES string of the molecule is Oc1c(-c2ccc(-c3ccc4ccccc4c3)cc2)cc2ccccc2c1-c1cc(-c2ccc(-c3ccc4ccccc4c3)cc2)cc2ccccc12. The number of rotatable bonds is 5. The van der Waals surface area contributed by atoms with Crippen molar-refractivity contribution >= 4 is 43.1 Å². The van der Waals surface area contributed by atoms with Gasteiger partial charge in [0.05, 0.1) is 0 Å². The van der Waals surface area contributed by atoms with E-state index in [0.717, 1.165) is 60.5 Å². The highest BCUT2D eigenvalue weighted by Gasteiger charge is 2.19. The molecule has 0 aliphatic carbocycles. The third kappa shape index (κ3) is 5.51. The van der Waals surface area contributed by atoms with Gasteiger partial charge in [-0.25, -0.2) is 0 Å². The van der Waals surface area contributed by atoms with E-state index in [2.05, 4.69) is 200 Å². The van der Waals surface area contributed by atoms with Crippen LogP contribution in [0.2, 0.25) is 0 Å². The summed E-state index contributed by atoms with van der Waals surface area (Å²) in [5.74, 6) is 0.288. The summed E-state index contributed by atoms with van der Waals surface area (Å²) in [4.78, 5) is 0. The van der Waals surface area contributed by atoms with Crippen molar-refractivity contribution in [1.29, 1.82) is 0 Å². The van der Waals surface area contributed by atoms with Crippen molar-refractivity contribution in [2.45, 2.75) is 0 Å². The van der Waals surface area contributed by atoms with Gasteiger partial charge < -0.3 is 5.11 Å². The average Bonchev–Trinajstić information content (AvgIpc) is 3.23. The van der Waals surface area contributed by atoms with E-state index in [1.54, 1.807) is 0 Å². The Balaban J connectivity index is 1.09. The summed E-state index contributed by atoms with van der Waals surface area (Å²) < 4.78 is 0. The van der Waals surface area contributed by atoms with Crippen LogP contribution in [0.4, 0.5) is 0 Å². The first-order valence-electron chi connectivity index (χ1n) is 18.1. The van der Waals surface area contributed by atoms with Crippen molar-refractivity contribution in [2.24, 2.45) is 0 Å². The van der Waals surface area contributed by atoms with Gasteiger partial charge in [-0.2, -0.15) is 0 Å². The minimum atomic E-state index is 0.288. The zero-order valence-corrected chi connectivity index (χ0v) is 29.0. The lowest BCUT2D eigenvalue weighted by molar-refractivity contribution is 0.480. The topological polar surface area (TPSA) is 20.2 Å². The van der Waals surface area contributed by atoms with Gasteiger partial charge in [0.1, 0.15) is 5.75 Å². The van der Waals surface area contributed by atoms with Gasteiger partial charge in [0.25, 0.3) is 0 Å². The van der Waals surface area contributed by atoms with E-state index in [0.29, 0.717) is 0 Å². The van der Waals surface area contributed by atoms with Crippen LogP contribution in [0, 0.1) is 0 Å². The van der Waals surface area contributed by atoms with Crippen LogP contribution in [-0.2, 0) is 0 Å². The second-order valence-electron chi connectivity index (χ2n) is 13.9. The molecule has 53 heavy (non-hydrogen) atoms. The molecule has 0 aromatic heterocycles. The molecular weight excluding hydrogens is 641 g/mol. The molecule has 0 amide bonds. The van der Waals surface area contributed by atoms with Crippen LogP contribution in [0.1, 0.15) is 0 Å². The number of hydrogen-bond donors (Lipinski definition) is 1. The molecule has 0 aliphatic heterocycles. The van der Waals surface area contributed by atoms with Crippen LogP contribution in [-0.4, -0.2) is 5.11 Å². The number of fused-ring (bicyclic) bond motifs is 4. The summed E-state index contributed by atoms with van der Waals surface area (Å²) in [5, 5.41) is 21.6. The molecule has 0 saturated carbocycles. The van der Waals surface area contributed by atoms with Gasteiger partial charge in [-0.3, -0.25) is 0 Å². The Bertz CT molecular complexity index is 2990. The summed E-state index contributed by atoms with van der Waals surface area (Å²) in [5.41, 5.74) is 10.6. The maximum atomic E-state index is 12.4. The molecule has 1 heteroatoms. The summed E-state index contributed by atoms with van der Waals surface area (Å²) in [6.07, 6.45) is 0. The Kier molecular flexibility index (Phi) is 7.37. The van der Waals surface area contributed by atoms with Crippen molar-refractivity contribution in [2.75, 3.05) is 0 Å². The Morgan fingerprint density at radius 1 is 0.245 bits per heavy atom. The number of hydrogen-bond acceptors (Lipinski definition) is 1. The first-order chi connectivity index (χ1) is 26.2. The van der Waals surface area contributed by atoms with Gasteiger partial charge >= 0.3 is 0 Å². The maximum Gasteiger partial charge on any atom is 0.131 e. The fourth-order valence-corrected chi connectivity index (χ4v) is 7.95. The fraction of sp³-hybridized carbons (Fsp3) is 0. The first kappa shape index (κ1) is 30.8. The fourth-order valence-electron chi connectivity index (χ4n) is 7.95. The third-order valence-electron chi connectivity index (χ3n) is 10.7. The minimum absolute atomic E-state index is 0.288. The van der Waals surface area contributed by atoms with Gasteiger partial charge in [-0.15, -0.1) is 0 Å². The standard InChI is InChI=1S/C52H34O/c53-52-49(39-25-21-37(22-26-39)43-28-24-35-10-2-4-12-41(35)30-43)32-45-14-6-8-16-48(45)51(52)50-33-46(31-44-13-5-7-15-47(44)50)38-19-17-36(18-20-38)42-27-23-34-9-1-3-11-40(34)29-42/h1-33,53H. The lowest BCUT2D eigenvalue weighted by Crippen LogP contribution is -1.91. The Hall–Kier alpha value is -6.96. The summed E-state index contributed by atoms with van der Waals surface area (Å²) in [6.45, 7) is 0. The number of aromatic hydroxyl groups is 1. The molecule has 0 heterocycles. The zero-order valence-electron chi connectivity index (χ0n) is 29.0. The lowest BCUT2D eigenvalue weighted by atomic mass is 9.87. The maximum absolute atomic E-state index is 12.4.